The van der Waals surface area contributed by atoms with Gasteiger partial charge in [-0.1, -0.05) is 19.4 Å². The first-order valence-electron chi connectivity index (χ1n) is 9.59. The molecular weight excluding hydrogens is 296 g/mol. The van der Waals surface area contributed by atoms with Gasteiger partial charge < -0.3 is 9.88 Å². The summed E-state index contributed by atoms with van der Waals surface area (Å²) in [7, 11) is 0. The molecule has 3 nitrogen and oxygen atoms in total. The van der Waals surface area contributed by atoms with Crippen molar-refractivity contribution in [1.29, 1.82) is 0 Å². The molecule has 1 aliphatic rings. The SMILES string of the molecule is CCCCc1ccc2[nH]c(C)c(C[NH+]3CCCC[C@H]3C)c(=O)c2c1. The summed E-state index contributed by atoms with van der Waals surface area (Å²) in [5, 5.41) is 0.869. The third-order valence-corrected chi connectivity index (χ3v) is 5.68. The van der Waals surface area contributed by atoms with Gasteiger partial charge in [0.1, 0.15) is 6.54 Å². The molecule has 3 heteroatoms. The molecule has 1 aromatic carbocycles. The van der Waals surface area contributed by atoms with E-state index in [9.17, 15) is 4.79 Å². The van der Waals surface area contributed by atoms with E-state index < -0.39 is 0 Å². The second-order valence-corrected chi connectivity index (χ2v) is 7.52. The smallest absolute Gasteiger partial charge is 0.198 e. The summed E-state index contributed by atoms with van der Waals surface area (Å²) in [6.07, 6.45) is 7.32. The highest BCUT2D eigenvalue weighted by Gasteiger charge is 2.24. The minimum absolute atomic E-state index is 0.241. The summed E-state index contributed by atoms with van der Waals surface area (Å²) < 4.78 is 0. The van der Waals surface area contributed by atoms with E-state index in [0.717, 1.165) is 35.1 Å². The van der Waals surface area contributed by atoms with Crippen LogP contribution in [0.25, 0.3) is 10.9 Å². The number of aromatic amines is 1. The Hall–Kier alpha value is -1.61. The monoisotopic (exact) mass is 327 g/mol. The first kappa shape index (κ1) is 17.2. The van der Waals surface area contributed by atoms with Gasteiger partial charge in [0.15, 0.2) is 5.43 Å². The molecule has 1 fully saturated rings. The van der Waals surface area contributed by atoms with Crippen LogP contribution in [0.5, 0.6) is 0 Å². The summed E-state index contributed by atoms with van der Waals surface area (Å²) in [5.41, 5.74) is 4.52. The number of quaternary nitrogens is 1. The summed E-state index contributed by atoms with van der Waals surface area (Å²) in [6, 6.07) is 7.01. The van der Waals surface area contributed by atoms with E-state index in [1.165, 1.54) is 44.2 Å². The average molecular weight is 327 g/mol. The fourth-order valence-electron chi connectivity index (χ4n) is 3.99. The van der Waals surface area contributed by atoms with Crippen molar-refractivity contribution >= 4 is 10.9 Å². The van der Waals surface area contributed by atoms with Crippen LogP contribution in [0.4, 0.5) is 0 Å². The minimum Gasteiger partial charge on any atom is -0.358 e. The van der Waals surface area contributed by atoms with Crippen molar-refractivity contribution in [2.45, 2.75) is 71.9 Å². The molecule has 1 aromatic heterocycles. The number of benzene rings is 1. The largest absolute Gasteiger partial charge is 0.358 e. The quantitative estimate of drug-likeness (QED) is 0.870. The highest BCUT2D eigenvalue weighted by molar-refractivity contribution is 5.80. The van der Waals surface area contributed by atoms with Crippen molar-refractivity contribution < 1.29 is 4.90 Å². The molecule has 130 valence electrons. The molecule has 1 aliphatic heterocycles. The normalized spacial score (nSPS) is 21.3. The van der Waals surface area contributed by atoms with Crippen molar-refractivity contribution in [1.82, 2.24) is 4.98 Å². The molecule has 24 heavy (non-hydrogen) atoms. The average Bonchev–Trinajstić information content (AvgIpc) is 2.58. The van der Waals surface area contributed by atoms with Crippen LogP contribution < -0.4 is 10.3 Å². The molecule has 0 amide bonds. The lowest BCUT2D eigenvalue weighted by atomic mass is 10.0. The zero-order valence-electron chi connectivity index (χ0n) is 15.4. The molecule has 2 heterocycles. The summed E-state index contributed by atoms with van der Waals surface area (Å²) in [4.78, 5) is 18.2. The van der Waals surface area contributed by atoms with Gasteiger partial charge in [-0.25, -0.2) is 0 Å². The van der Waals surface area contributed by atoms with Crippen LogP contribution in [0.2, 0.25) is 0 Å². The van der Waals surface area contributed by atoms with Gasteiger partial charge in [-0.3, -0.25) is 4.79 Å². The molecule has 1 unspecified atom stereocenters. The van der Waals surface area contributed by atoms with E-state index in [1.807, 2.05) is 0 Å². The number of aromatic nitrogens is 1. The van der Waals surface area contributed by atoms with E-state index in [4.69, 9.17) is 0 Å². The van der Waals surface area contributed by atoms with Gasteiger partial charge in [-0.15, -0.1) is 0 Å². The number of rotatable bonds is 5. The summed E-state index contributed by atoms with van der Waals surface area (Å²) >= 11 is 0. The second-order valence-electron chi connectivity index (χ2n) is 7.52. The number of hydrogen-bond donors (Lipinski definition) is 2. The third kappa shape index (κ3) is 3.56. The molecular formula is C21H31N2O+. The predicted molar refractivity (Wildman–Crippen MR) is 101 cm³/mol. The van der Waals surface area contributed by atoms with Crippen LogP contribution in [0.3, 0.4) is 0 Å². The van der Waals surface area contributed by atoms with Gasteiger partial charge in [0.25, 0.3) is 0 Å². The molecule has 0 spiro atoms. The van der Waals surface area contributed by atoms with Crippen molar-refractivity contribution in [3.05, 3.63) is 45.2 Å². The maximum Gasteiger partial charge on any atom is 0.198 e. The van der Waals surface area contributed by atoms with Gasteiger partial charge >= 0.3 is 0 Å². The Morgan fingerprint density at radius 1 is 1.29 bits per heavy atom. The third-order valence-electron chi connectivity index (χ3n) is 5.68. The van der Waals surface area contributed by atoms with Crippen LogP contribution in [-0.2, 0) is 13.0 Å². The van der Waals surface area contributed by atoms with Crippen LogP contribution >= 0.6 is 0 Å². The fourth-order valence-corrected chi connectivity index (χ4v) is 3.99. The Morgan fingerprint density at radius 3 is 2.88 bits per heavy atom. The predicted octanol–water partition coefficient (Wildman–Crippen LogP) is 3.14. The zero-order valence-corrected chi connectivity index (χ0v) is 15.4. The minimum atomic E-state index is 0.241. The number of H-pyrrole nitrogens is 1. The molecule has 2 aromatic rings. The van der Waals surface area contributed by atoms with Crippen molar-refractivity contribution in [3.63, 3.8) is 0 Å². The van der Waals surface area contributed by atoms with Gasteiger partial charge in [0.05, 0.1) is 18.2 Å². The molecule has 2 N–H and O–H groups in total. The maximum absolute atomic E-state index is 13.1. The first-order chi connectivity index (χ1) is 11.6. The summed E-state index contributed by atoms with van der Waals surface area (Å²) in [5.74, 6) is 0. The molecule has 1 saturated heterocycles. The van der Waals surface area contributed by atoms with Crippen molar-refractivity contribution in [2.75, 3.05) is 6.54 Å². The number of pyridine rings is 1. The fraction of sp³-hybridized carbons (Fsp3) is 0.571. The number of piperidine rings is 1. The Bertz CT molecular complexity index is 762. The van der Waals surface area contributed by atoms with Gasteiger partial charge in [0.2, 0.25) is 0 Å². The molecule has 2 atom stereocenters. The van der Waals surface area contributed by atoms with E-state index in [2.05, 4.69) is 44.0 Å². The van der Waals surface area contributed by atoms with Gasteiger partial charge in [0, 0.05) is 16.6 Å². The topological polar surface area (TPSA) is 37.3 Å². The standard InChI is InChI=1S/C21H30N2O/c1-4-5-9-17-10-11-20-18(13-17)21(24)19(16(3)22-20)14-23-12-7-6-8-15(23)2/h10-11,13,15H,4-9,12,14H2,1-3H3,(H,22,24)/p+1/t15-/m1/s1. The first-order valence-corrected chi connectivity index (χ1v) is 9.59. The lowest BCUT2D eigenvalue weighted by Crippen LogP contribution is -3.15. The van der Waals surface area contributed by atoms with Crippen molar-refractivity contribution in [3.8, 4) is 0 Å². The summed E-state index contributed by atoms with van der Waals surface area (Å²) in [6.45, 7) is 8.63. The second kappa shape index (κ2) is 7.52. The van der Waals surface area contributed by atoms with E-state index >= 15 is 0 Å². The Morgan fingerprint density at radius 2 is 2.12 bits per heavy atom. The Labute approximate surface area is 145 Å². The highest BCUT2D eigenvalue weighted by Crippen LogP contribution is 2.15. The number of nitrogens with one attached hydrogen (secondary N) is 2. The lowest BCUT2D eigenvalue weighted by molar-refractivity contribution is -0.942. The highest BCUT2D eigenvalue weighted by atomic mass is 16.1. The number of fused-ring (bicyclic) bond motifs is 1. The van der Waals surface area contributed by atoms with E-state index in [1.54, 1.807) is 4.90 Å². The van der Waals surface area contributed by atoms with Crippen LogP contribution in [0.15, 0.2) is 23.0 Å². The zero-order chi connectivity index (χ0) is 17.1. The molecule has 0 aliphatic carbocycles. The molecule has 3 rings (SSSR count). The number of likely N-dealkylation sites (tertiary alicyclic amines) is 1. The Kier molecular flexibility index (Phi) is 5.40. The van der Waals surface area contributed by atoms with Crippen LogP contribution in [0.1, 0.15) is 62.8 Å². The maximum atomic E-state index is 13.1. The van der Waals surface area contributed by atoms with E-state index in [0.29, 0.717) is 6.04 Å². The number of unbranched alkanes of at least 4 members (excludes halogenated alkanes) is 1. The number of hydrogen-bond acceptors (Lipinski definition) is 1. The van der Waals surface area contributed by atoms with Gasteiger partial charge in [-0.2, -0.15) is 0 Å². The molecule has 0 saturated carbocycles. The lowest BCUT2D eigenvalue weighted by Gasteiger charge is -2.30. The van der Waals surface area contributed by atoms with Crippen LogP contribution in [-0.4, -0.2) is 17.6 Å². The van der Waals surface area contributed by atoms with Crippen molar-refractivity contribution in [2.24, 2.45) is 0 Å². The van der Waals surface area contributed by atoms with E-state index in [-0.39, 0.29) is 5.43 Å². The molecule has 0 radical (unpaired) electrons. The van der Waals surface area contributed by atoms with Crippen LogP contribution in [0, 0.1) is 6.92 Å². The molecule has 0 bridgehead atoms. The number of aryl methyl sites for hydroxylation is 2. The van der Waals surface area contributed by atoms with Gasteiger partial charge in [-0.05, 0) is 63.6 Å². The Balaban J connectivity index is 1.96.